The van der Waals surface area contributed by atoms with Gasteiger partial charge in [-0.3, -0.25) is 0 Å². The lowest BCUT2D eigenvalue weighted by atomic mass is 10.3. The van der Waals surface area contributed by atoms with Gasteiger partial charge in [-0.15, -0.1) is 11.8 Å². The van der Waals surface area contributed by atoms with Crippen LogP contribution in [0.1, 0.15) is 19.8 Å². The van der Waals surface area contributed by atoms with E-state index in [1.807, 2.05) is 6.07 Å². The number of phenols is 1. The van der Waals surface area contributed by atoms with Gasteiger partial charge >= 0.3 is 0 Å². The number of thioether (sulfide) groups is 1. The first-order chi connectivity index (χ1) is 8.22. The number of aromatic hydroxyl groups is 1. The van der Waals surface area contributed by atoms with Crippen LogP contribution in [0.25, 0.3) is 0 Å². The van der Waals surface area contributed by atoms with E-state index < -0.39 is 6.10 Å². The Morgan fingerprint density at radius 1 is 1.41 bits per heavy atom. The van der Waals surface area contributed by atoms with Crippen LogP contribution in [0.2, 0.25) is 0 Å². The molecule has 1 rings (SSSR count). The Morgan fingerprint density at radius 2 is 2.24 bits per heavy atom. The highest BCUT2D eigenvalue weighted by Gasteiger charge is 2.05. The maximum Gasteiger partial charge on any atom is 0.116 e. The third-order valence-corrected chi connectivity index (χ3v) is 3.35. The molecule has 0 fully saturated rings. The molecule has 1 atom stereocenters. The Labute approximate surface area is 107 Å². The molecule has 1 unspecified atom stereocenters. The van der Waals surface area contributed by atoms with E-state index in [4.69, 9.17) is 4.74 Å². The van der Waals surface area contributed by atoms with Crippen molar-refractivity contribution < 1.29 is 14.9 Å². The Kier molecular flexibility index (Phi) is 7.08. The summed E-state index contributed by atoms with van der Waals surface area (Å²) in [7, 11) is 0. The molecule has 4 heteroatoms. The van der Waals surface area contributed by atoms with Gasteiger partial charge < -0.3 is 14.9 Å². The van der Waals surface area contributed by atoms with Crippen LogP contribution in [0.15, 0.2) is 29.2 Å². The number of phenolic OH excluding ortho intramolecular Hbond substituents is 1. The highest BCUT2D eigenvalue weighted by atomic mass is 32.2. The molecule has 0 saturated heterocycles. The molecule has 17 heavy (non-hydrogen) atoms. The van der Waals surface area contributed by atoms with Crippen LogP contribution in [0, 0.1) is 0 Å². The van der Waals surface area contributed by atoms with Gasteiger partial charge in [-0.2, -0.15) is 0 Å². The van der Waals surface area contributed by atoms with Crippen molar-refractivity contribution >= 4 is 11.8 Å². The second kappa shape index (κ2) is 8.39. The predicted octanol–water partition coefficient (Wildman–Crippen LogP) is 2.66. The van der Waals surface area contributed by atoms with Gasteiger partial charge in [0, 0.05) is 17.3 Å². The summed E-state index contributed by atoms with van der Waals surface area (Å²) in [6.07, 6.45) is 1.68. The van der Waals surface area contributed by atoms with E-state index in [9.17, 15) is 10.2 Å². The second-order valence-corrected chi connectivity index (χ2v) is 4.98. The zero-order valence-corrected chi connectivity index (χ0v) is 10.9. The molecule has 0 spiro atoms. The molecule has 0 saturated carbocycles. The van der Waals surface area contributed by atoms with Gasteiger partial charge in [0.05, 0.1) is 12.7 Å². The maximum absolute atomic E-state index is 9.67. The van der Waals surface area contributed by atoms with Gasteiger partial charge in [0.25, 0.3) is 0 Å². The first kappa shape index (κ1) is 14.4. The van der Waals surface area contributed by atoms with Crippen molar-refractivity contribution in [1.82, 2.24) is 0 Å². The summed E-state index contributed by atoms with van der Waals surface area (Å²) in [5, 5.41) is 18.9. The van der Waals surface area contributed by atoms with Gasteiger partial charge in [0.2, 0.25) is 0 Å². The zero-order chi connectivity index (χ0) is 12.5. The molecule has 96 valence electrons. The zero-order valence-electron chi connectivity index (χ0n) is 10.1. The summed E-state index contributed by atoms with van der Waals surface area (Å²) in [5.41, 5.74) is 0. The SMILES string of the molecule is CCCCOCC(O)CSc1cccc(O)c1. The maximum atomic E-state index is 9.67. The minimum absolute atomic E-state index is 0.253. The van der Waals surface area contributed by atoms with Crippen molar-refractivity contribution in [2.75, 3.05) is 19.0 Å². The number of benzene rings is 1. The van der Waals surface area contributed by atoms with Crippen LogP contribution >= 0.6 is 11.8 Å². The van der Waals surface area contributed by atoms with Crippen molar-refractivity contribution in [1.29, 1.82) is 0 Å². The van der Waals surface area contributed by atoms with Gasteiger partial charge in [-0.25, -0.2) is 0 Å². The second-order valence-electron chi connectivity index (χ2n) is 3.89. The summed E-state index contributed by atoms with van der Waals surface area (Å²) in [6, 6.07) is 7.03. The summed E-state index contributed by atoms with van der Waals surface area (Å²) in [4.78, 5) is 0.956. The van der Waals surface area contributed by atoms with Gasteiger partial charge in [-0.05, 0) is 24.6 Å². The molecule has 3 nitrogen and oxygen atoms in total. The molecule has 0 aromatic heterocycles. The number of aliphatic hydroxyl groups is 1. The lowest BCUT2D eigenvalue weighted by Gasteiger charge is -2.10. The first-order valence-electron chi connectivity index (χ1n) is 5.90. The van der Waals surface area contributed by atoms with E-state index in [0.717, 1.165) is 17.7 Å². The molecule has 0 aliphatic rings. The van der Waals surface area contributed by atoms with Crippen LogP contribution in [0.5, 0.6) is 5.75 Å². The summed E-state index contributed by atoms with van der Waals surface area (Å²) in [6.45, 7) is 3.20. The van der Waals surface area contributed by atoms with E-state index in [2.05, 4.69) is 6.92 Å². The van der Waals surface area contributed by atoms with Crippen LogP contribution in [-0.2, 0) is 4.74 Å². The Bertz CT molecular complexity index is 317. The molecule has 0 radical (unpaired) electrons. The van der Waals surface area contributed by atoms with Gasteiger partial charge in [-0.1, -0.05) is 19.4 Å². The quantitative estimate of drug-likeness (QED) is 0.554. The lowest BCUT2D eigenvalue weighted by molar-refractivity contribution is 0.0473. The molecule has 1 aromatic carbocycles. The molecule has 0 aliphatic heterocycles. The van der Waals surface area contributed by atoms with Gasteiger partial charge in [0.15, 0.2) is 0 Å². The van der Waals surface area contributed by atoms with E-state index in [0.29, 0.717) is 19.0 Å². The van der Waals surface area contributed by atoms with E-state index in [1.165, 1.54) is 11.8 Å². The number of ether oxygens (including phenoxy) is 1. The monoisotopic (exact) mass is 256 g/mol. The van der Waals surface area contributed by atoms with Crippen molar-refractivity contribution in [2.45, 2.75) is 30.8 Å². The topological polar surface area (TPSA) is 49.7 Å². The number of aliphatic hydroxyl groups excluding tert-OH is 1. The Hall–Kier alpha value is -0.710. The molecule has 0 amide bonds. The molecular formula is C13H20O3S. The minimum Gasteiger partial charge on any atom is -0.508 e. The average Bonchev–Trinajstić information content (AvgIpc) is 2.32. The summed E-state index contributed by atoms with van der Waals surface area (Å²) >= 11 is 1.52. The first-order valence-corrected chi connectivity index (χ1v) is 6.88. The van der Waals surface area contributed by atoms with Crippen LogP contribution in [-0.4, -0.2) is 35.3 Å². The standard InChI is InChI=1S/C13H20O3S/c1-2-3-7-16-9-12(15)10-17-13-6-4-5-11(14)8-13/h4-6,8,12,14-15H,2-3,7,9-10H2,1H3. The van der Waals surface area contributed by atoms with E-state index in [-0.39, 0.29) is 5.75 Å². The number of unbranched alkanes of at least 4 members (excludes halogenated alkanes) is 1. The summed E-state index contributed by atoms with van der Waals surface area (Å²) < 4.78 is 5.34. The van der Waals surface area contributed by atoms with Crippen LogP contribution < -0.4 is 0 Å². The third kappa shape index (κ3) is 6.56. The largest absolute Gasteiger partial charge is 0.508 e. The van der Waals surface area contributed by atoms with Crippen molar-refractivity contribution in [3.63, 3.8) is 0 Å². The predicted molar refractivity (Wildman–Crippen MR) is 70.6 cm³/mol. The smallest absolute Gasteiger partial charge is 0.116 e. The fourth-order valence-corrected chi connectivity index (χ4v) is 2.14. The Morgan fingerprint density at radius 3 is 2.94 bits per heavy atom. The van der Waals surface area contributed by atoms with Crippen LogP contribution in [0.3, 0.4) is 0 Å². The molecule has 1 aromatic rings. The number of hydrogen-bond donors (Lipinski definition) is 2. The number of hydrogen-bond acceptors (Lipinski definition) is 4. The third-order valence-electron chi connectivity index (χ3n) is 2.21. The fraction of sp³-hybridized carbons (Fsp3) is 0.538. The molecule has 0 aliphatic carbocycles. The van der Waals surface area contributed by atoms with Crippen molar-refractivity contribution in [3.05, 3.63) is 24.3 Å². The molecular weight excluding hydrogens is 236 g/mol. The molecule has 2 N–H and O–H groups in total. The van der Waals surface area contributed by atoms with Gasteiger partial charge in [0.1, 0.15) is 5.75 Å². The van der Waals surface area contributed by atoms with Crippen molar-refractivity contribution in [2.24, 2.45) is 0 Å². The van der Waals surface area contributed by atoms with E-state index in [1.54, 1.807) is 18.2 Å². The normalized spacial score (nSPS) is 12.6. The minimum atomic E-state index is -0.459. The van der Waals surface area contributed by atoms with Crippen molar-refractivity contribution in [3.8, 4) is 5.75 Å². The lowest BCUT2D eigenvalue weighted by Crippen LogP contribution is -2.18. The van der Waals surface area contributed by atoms with Crippen LogP contribution in [0.4, 0.5) is 0 Å². The fourth-order valence-electron chi connectivity index (χ4n) is 1.28. The highest BCUT2D eigenvalue weighted by Crippen LogP contribution is 2.22. The summed E-state index contributed by atoms with van der Waals surface area (Å²) in [5.74, 6) is 0.832. The Balaban J connectivity index is 2.17. The average molecular weight is 256 g/mol. The number of rotatable bonds is 8. The highest BCUT2D eigenvalue weighted by molar-refractivity contribution is 7.99. The molecule has 0 heterocycles. The van der Waals surface area contributed by atoms with E-state index >= 15 is 0 Å². The molecule has 0 bridgehead atoms.